The van der Waals surface area contributed by atoms with E-state index in [9.17, 15) is 9.90 Å². The number of ether oxygens (including phenoxy) is 1. The van der Waals surface area contributed by atoms with Gasteiger partial charge in [-0.25, -0.2) is 4.79 Å². The van der Waals surface area contributed by atoms with Crippen molar-refractivity contribution < 1.29 is 14.6 Å². The number of rotatable bonds is 3. The summed E-state index contributed by atoms with van der Waals surface area (Å²) in [5.41, 5.74) is -1.07. The SMILES string of the molecule is CCOC(=O)C(C)(O)c1ccc2ccccc2c1. The summed E-state index contributed by atoms with van der Waals surface area (Å²) in [6.07, 6.45) is 0. The Bertz CT molecular complexity index is 573. The van der Waals surface area contributed by atoms with Gasteiger partial charge in [-0.3, -0.25) is 0 Å². The van der Waals surface area contributed by atoms with Crippen LogP contribution in [0.15, 0.2) is 42.5 Å². The molecule has 3 heteroatoms. The molecule has 3 nitrogen and oxygen atoms in total. The van der Waals surface area contributed by atoms with Crippen LogP contribution in [0, 0.1) is 0 Å². The second kappa shape index (κ2) is 4.78. The number of carbonyl (C=O) groups excluding carboxylic acids is 1. The quantitative estimate of drug-likeness (QED) is 0.844. The molecule has 0 bridgehead atoms. The van der Waals surface area contributed by atoms with Crippen molar-refractivity contribution in [3.8, 4) is 0 Å². The van der Waals surface area contributed by atoms with Crippen LogP contribution in [0.1, 0.15) is 19.4 Å². The third kappa shape index (κ3) is 2.22. The molecule has 0 amide bonds. The van der Waals surface area contributed by atoms with Gasteiger partial charge in [-0.15, -0.1) is 0 Å². The number of carbonyl (C=O) groups is 1. The van der Waals surface area contributed by atoms with Crippen molar-refractivity contribution in [2.24, 2.45) is 0 Å². The molecule has 0 aliphatic heterocycles. The third-order valence-electron chi connectivity index (χ3n) is 2.98. The summed E-state index contributed by atoms with van der Waals surface area (Å²) in [6.45, 7) is 3.42. The van der Waals surface area contributed by atoms with Gasteiger partial charge in [0.1, 0.15) is 0 Å². The van der Waals surface area contributed by atoms with Crippen LogP contribution in [0.3, 0.4) is 0 Å². The van der Waals surface area contributed by atoms with E-state index in [1.165, 1.54) is 6.92 Å². The molecule has 1 atom stereocenters. The van der Waals surface area contributed by atoms with Crippen molar-refractivity contribution in [2.75, 3.05) is 6.61 Å². The molecule has 0 fully saturated rings. The summed E-state index contributed by atoms with van der Waals surface area (Å²) in [4.78, 5) is 11.7. The average Bonchev–Trinajstić information content (AvgIpc) is 2.38. The van der Waals surface area contributed by atoms with E-state index in [0.717, 1.165) is 10.8 Å². The topological polar surface area (TPSA) is 46.5 Å². The molecule has 1 N–H and O–H groups in total. The van der Waals surface area contributed by atoms with Gasteiger partial charge in [0.05, 0.1) is 6.61 Å². The molecule has 2 aromatic rings. The summed E-state index contributed by atoms with van der Waals surface area (Å²) in [6, 6.07) is 13.2. The average molecular weight is 244 g/mol. The number of benzene rings is 2. The fraction of sp³-hybridized carbons (Fsp3) is 0.267. The van der Waals surface area contributed by atoms with Crippen LogP contribution in [0.4, 0.5) is 0 Å². The van der Waals surface area contributed by atoms with Gasteiger partial charge in [-0.05, 0) is 36.2 Å². The Morgan fingerprint density at radius 2 is 1.89 bits per heavy atom. The van der Waals surface area contributed by atoms with Crippen molar-refractivity contribution in [3.05, 3.63) is 48.0 Å². The molecule has 0 spiro atoms. The van der Waals surface area contributed by atoms with Gasteiger partial charge in [0.25, 0.3) is 0 Å². The lowest BCUT2D eigenvalue weighted by Gasteiger charge is -2.21. The first-order valence-electron chi connectivity index (χ1n) is 5.94. The second-order valence-corrected chi connectivity index (χ2v) is 4.35. The summed E-state index contributed by atoms with van der Waals surface area (Å²) in [7, 11) is 0. The Hall–Kier alpha value is -1.87. The maximum Gasteiger partial charge on any atom is 0.342 e. The zero-order chi connectivity index (χ0) is 13.2. The highest BCUT2D eigenvalue weighted by Crippen LogP contribution is 2.26. The van der Waals surface area contributed by atoms with Gasteiger partial charge in [0.2, 0.25) is 0 Å². The largest absolute Gasteiger partial charge is 0.464 e. The molecule has 0 heterocycles. The molecular weight excluding hydrogens is 228 g/mol. The lowest BCUT2D eigenvalue weighted by Crippen LogP contribution is -2.34. The highest BCUT2D eigenvalue weighted by molar-refractivity contribution is 5.86. The number of esters is 1. The summed E-state index contributed by atoms with van der Waals surface area (Å²) < 4.78 is 4.88. The zero-order valence-electron chi connectivity index (χ0n) is 10.5. The fourth-order valence-corrected chi connectivity index (χ4v) is 1.88. The zero-order valence-corrected chi connectivity index (χ0v) is 10.5. The molecule has 0 aromatic heterocycles. The molecule has 0 saturated heterocycles. The fourth-order valence-electron chi connectivity index (χ4n) is 1.88. The van der Waals surface area contributed by atoms with Gasteiger partial charge in [-0.2, -0.15) is 0 Å². The van der Waals surface area contributed by atoms with Crippen LogP contribution < -0.4 is 0 Å². The van der Waals surface area contributed by atoms with E-state index in [4.69, 9.17) is 4.74 Å². The van der Waals surface area contributed by atoms with Crippen LogP contribution in [0.5, 0.6) is 0 Å². The minimum Gasteiger partial charge on any atom is -0.464 e. The van der Waals surface area contributed by atoms with Crippen LogP contribution >= 0.6 is 0 Å². The van der Waals surface area contributed by atoms with Crippen molar-refractivity contribution in [1.82, 2.24) is 0 Å². The molecule has 0 aliphatic carbocycles. The van der Waals surface area contributed by atoms with Crippen molar-refractivity contribution in [3.63, 3.8) is 0 Å². The normalized spacial score (nSPS) is 14.2. The van der Waals surface area contributed by atoms with E-state index < -0.39 is 11.6 Å². The molecule has 2 aromatic carbocycles. The molecule has 18 heavy (non-hydrogen) atoms. The lowest BCUT2D eigenvalue weighted by atomic mass is 9.94. The van der Waals surface area contributed by atoms with Crippen molar-refractivity contribution in [2.45, 2.75) is 19.4 Å². The van der Waals surface area contributed by atoms with Crippen molar-refractivity contribution in [1.29, 1.82) is 0 Å². The Morgan fingerprint density at radius 3 is 2.56 bits per heavy atom. The van der Waals surface area contributed by atoms with Crippen LogP contribution in [0.25, 0.3) is 10.8 Å². The van der Waals surface area contributed by atoms with E-state index in [1.807, 2.05) is 36.4 Å². The van der Waals surface area contributed by atoms with E-state index in [-0.39, 0.29) is 6.61 Å². The Labute approximate surface area is 106 Å². The van der Waals surface area contributed by atoms with Gasteiger partial charge in [0, 0.05) is 0 Å². The van der Waals surface area contributed by atoms with Crippen molar-refractivity contribution >= 4 is 16.7 Å². The smallest absolute Gasteiger partial charge is 0.342 e. The molecule has 0 saturated carbocycles. The van der Waals surface area contributed by atoms with E-state index in [1.54, 1.807) is 13.0 Å². The molecule has 2 rings (SSSR count). The molecule has 0 aliphatic rings. The third-order valence-corrected chi connectivity index (χ3v) is 2.98. The standard InChI is InChI=1S/C15H16O3/c1-3-18-14(16)15(2,17)13-9-8-11-6-4-5-7-12(11)10-13/h4-10,17H,3H2,1-2H3. The lowest BCUT2D eigenvalue weighted by molar-refractivity contribution is -0.164. The van der Waals surface area contributed by atoms with E-state index in [2.05, 4.69) is 0 Å². The van der Waals surface area contributed by atoms with Gasteiger partial charge >= 0.3 is 5.97 Å². The predicted molar refractivity (Wildman–Crippen MR) is 70.2 cm³/mol. The number of fused-ring (bicyclic) bond motifs is 1. The molecule has 94 valence electrons. The highest BCUT2D eigenvalue weighted by atomic mass is 16.5. The minimum absolute atomic E-state index is 0.253. The molecule has 0 radical (unpaired) electrons. The first-order chi connectivity index (χ1) is 8.55. The van der Waals surface area contributed by atoms with Crippen LogP contribution in [-0.4, -0.2) is 17.7 Å². The number of hydrogen-bond acceptors (Lipinski definition) is 3. The molecular formula is C15H16O3. The van der Waals surface area contributed by atoms with E-state index >= 15 is 0 Å². The predicted octanol–water partition coefficient (Wildman–Crippen LogP) is 2.61. The maximum atomic E-state index is 11.7. The minimum atomic E-state index is -1.61. The summed E-state index contributed by atoms with van der Waals surface area (Å²) in [5.74, 6) is -0.625. The summed E-state index contributed by atoms with van der Waals surface area (Å²) in [5, 5.41) is 12.3. The maximum absolute atomic E-state index is 11.7. The van der Waals surface area contributed by atoms with Crippen LogP contribution in [0.2, 0.25) is 0 Å². The van der Waals surface area contributed by atoms with Gasteiger partial charge in [-0.1, -0.05) is 36.4 Å². The van der Waals surface area contributed by atoms with Gasteiger partial charge in [0.15, 0.2) is 5.60 Å². The summed E-state index contributed by atoms with van der Waals surface area (Å²) >= 11 is 0. The Kier molecular flexibility index (Phi) is 3.34. The monoisotopic (exact) mass is 244 g/mol. The first-order valence-corrected chi connectivity index (χ1v) is 5.94. The highest BCUT2D eigenvalue weighted by Gasteiger charge is 2.34. The van der Waals surface area contributed by atoms with Gasteiger partial charge < -0.3 is 9.84 Å². The molecule has 1 unspecified atom stereocenters. The Balaban J connectivity index is 2.44. The van der Waals surface area contributed by atoms with E-state index in [0.29, 0.717) is 5.56 Å². The Morgan fingerprint density at radius 1 is 1.22 bits per heavy atom. The number of hydrogen-bond donors (Lipinski definition) is 1. The number of aliphatic hydroxyl groups is 1. The second-order valence-electron chi connectivity index (χ2n) is 4.35. The van der Waals surface area contributed by atoms with Crippen LogP contribution in [-0.2, 0) is 15.1 Å². The first kappa shape index (κ1) is 12.6.